The van der Waals surface area contributed by atoms with Crippen LogP contribution in [0.3, 0.4) is 0 Å². The summed E-state index contributed by atoms with van der Waals surface area (Å²) in [5.41, 5.74) is 5.25. The molecule has 1 saturated heterocycles. The van der Waals surface area contributed by atoms with Crippen molar-refractivity contribution in [2.45, 2.75) is 32.5 Å². The Balaban J connectivity index is 2.32. The molecule has 0 atom stereocenters. The molecule has 1 aromatic heterocycles. The van der Waals surface area contributed by atoms with Crippen LogP contribution in [0.25, 0.3) is 0 Å². The van der Waals surface area contributed by atoms with Crippen LogP contribution in [-0.4, -0.2) is 26.1 Å². The van der Waals surface area contributed by atoms with Gasteiger partial charge in [0, 0.05) is 19.3 Å². The van der Waals surface area contributed by atoms with E-state index in [-0.39, 0.29) is 0 Å². The molecule has 96 valence electrons. The van der Waals surface area contributed by atoms with E-state index < -0.39 is 8.07 Å². The summed E-state index contributed by atoms with van der Waals surface area (Å²) in [7, 11) is -1.37. The molecule has 0 aliphatic carbocycles. The molecule has 0 spiro atoms. The van der Waals surface area contributed by atoms with E-state index in [4.69, 9.17) is 11.6 Å². The Hall–Kier alpha value is -0.983. The first kappa shape index (κ1) is 13.4. The molecule has 1 aromatic rings. The molecule has 0 saturated carbocycles. The van der Waals surface area contributed by atoms with Crippen LogP contribution >= 0.6 is 11.6 Å². The number of nitrogens with zero attached hydrogens (tertiary/aromatic N) is 2. The fourth-order valence-corrected chi connectivity index (χ4v) is 2.73. The fourth-order valence-electron chi connectivity index (χ4n) is 1.95. The van der Waals surface area contributed by atoms with E-state index in [2.05, 4.69) is 41.0 Å². The Morgan fingerprint density at radius 1 is 1.22 bits per heavy atom. The van der Waals surface area contributed by atoms with Crippen LogP contribution < -0.4 is 4.90 Å². The van der Waals surface area contributed by atoms with Crippen molar-refractivity contribution in [3.8, 4) is 11.5 Å². The van der Waals surface area contributed by atoms with Crippen LogP contribution in [0, 0.1) is 11.5 Å². The van der Waals surface area contributed by atoms with E-state index in [0.717, 1.165) is 29.4 Å². The lowest BCUT2D eigenvalue weighted by atomic mass is 10.2. The van der Waals surface area contributed by atoms with Crippen LogP contribution in [0.1, 0.15) is 18.4 Å². The first-order valence-corrected chi connectivity index (χ1v) is 10.3. The zero-order valence-electron chi connectivity index (χ0n) is 11.3. The van der Waals surface area contributed by atoms with Gasteiger partial charge < -0.3 is 4.90 Å². The average Bonchev–Trinajstić information content (AvgIpc) is 2.80. The normalized spacial score (nSPS) is 15.4. The first-order valence-electron chi connectivity index (χ1n) is 6.39. The second-order valence-electron chi connectivity index (χ2n) is 5.71. The molecule has 4 heteroatoms. The molecular weight excluding hydrogens is 260 g/mol. The zero-order chi connectivity index (χ0) is 13.2. The van der Waals surface area contributed by atoms with Crippen molar-refractivity contribution in [2.24, 2.45) is 0 Å². The monoisotopic (exact) mass is 278 g/mol. The molecule has 2 rings (SSSR count). The third kappa shape index (κ3) is 3.27. The Morgan fingerprint density at radius 2 is 1.89 bits per heavy atom. The van der Waals surface area contributed by atoms with Gasteiger partial charge >= 0.3 is 0 Å². The van der Waals surface area contributed by atoms with Gasteiger partial charge in [-0.2, -0.15) is 0 Å². The molecule has 2 heterocycles. The smallest absolute Gasteiger partial charge is 0.129 e. The van der Waals surface area contributed by atoms with Gasteiger partial charge in [0.1, 0.15) is 8.07 Å². The van der Waals surface area contributed by atoms with Crippen LogP contribution in [0.4, 0.5) is 5.69 Å². The van der Waals surface area contributed by atoms with E-state index in [9.17, 15) is 0 Å². The summed E-state index contributed by atoms with van der Waals surface area (Å²) in [6, 6.07) is 0. The maximum absolute atomic E-state index is 6.45. The van der Waals surface area contributed by atoms with Crippen LogP contribution in [0.15, 0.2) is 12.4 Å². The Kier molecular flexibility index (Phi) is 3.99. The molecule has 1 aliphatic heterocycles. The number of hydrogen-bond acceptors (Lipinski definition) is 2. The number of aromatic nitrogens is 1. The summed E-state index contributed by atoms with van der Waals surface area (Å²) in [4.78, 5) is 6.58. The van der Waals surface area contributed by atoms with E-state index >= 15 is 0 Å². The van der Waals surface area contributed by atoms with E-state index in [1.807, 2.05) is 6.20 Å². The zero-order valence-corrected chi connectivity index (χ0v) is 13.0. The van der Waals surface area contributed by atoms with Crippen LogP contribution in [0.5, 0.6) is 0 Å². The number of pyridine rings is 1. The summed E-state index contributed by atoms with van der Waals surface area (Å²) in [6.07, 6.45) is 6.10. The summed E-state index contributed by atoms with van der Waals surface area (Å²) in [5, 5.41) is 0.762. The molecule has 0 aromatic carbocycles. The van der Waals surface area contributed by atoms with Crippen LogP contribution in [-0.2, 0) is 0 Å². The second-order valence-corrected chi connectivity index (χ2v) is 10.8. The highest BCUT2D eigenvalue weighted by Gasteiger charge is 2.17. The molecule has 0 unspecified atom stereocenters. The predicted octanol–water partition coefficient (Wildman–Crippen LogP) is 3.56. The van der Waals surface area contributed by atoms with Crippen molar-refractivity contribution in [2.75, 3.05) is 18.0 Å². The molecule has 2 nitrogen and oxygen atoms in total. The van der Waals surface area contributed by atoms with Crippen molar-refractivity contribution >= 4 is 25.4 Å². The number of anilines is 1. The summed E-state index contributed by atoms with van der Waals surface area (Å²) < 4.78 is 0. The highest BCUT2D eigenvalue weighted by Crippen LogP contribution is 2.30. The van der Waals surface area contributed by atoms with E-state index in [0.29, 0.717) is 0 Å². The lowest BCUT2D eigenvalue weighted by Gasteiger charge is -2.18. The van der Waals surface area contributed by atoms with Gasteiger partial charge in [-0.15, -0.1) is 5.54 Å². The third-order valence-electron chi connectivity index (χ3n) is 2.88. The van der Waals surface area contributed by atoms with Crippen molar-refractivity contribution in [1.29, 1.82) is 0 Å². The predicted molar refractivity (Wildman–Crippen MR) is 80.9 cm³/mol. The van der Waals surface area contributed by atoms with Gasteiger partial charge in [-0.05, 0) is 12.8 Å². The van der Waals surface area contributed by atoms with E-state index in [1.165, 1.54) is 12.8 Å². The third-order valence-corrected chi connectivity index (χ3v) is 4.15. The molecule has 1 fully saturated rings. The fraction of sp³-hybridized carbons (Fsp3) is 0.500. The molecule has 0 bridgehead atoms. The molecular formula is C14H19ClN2Si. The van der Waals surface area contributed by atoms with Gasteiger partial charge in [-0.25, -0.2) is 0 Å². The minimum Gasteiger partial charge on any atom is -0.369 e. The second kappa shape index (κ2) is 5.34. The lowest BCUT2D eigenvalue weighted by Crippen LogP contribution is -2.18. The van der Waals surface area contributed by atoms with Gasteiger partial charge in [-0.3, -0.25) is 4.98 Å². The molecule has 0 amide bonds. The largest absolute Gasteiger partial charge is 0.369 e. The van der Waals surface area contributed by atoms with Crippen molar-refractivity contribution < 1.29 is 0 Å². The lowest BCUT2D eigenvalue weighted by molar-refractivity contribution is 0.949. The summed E-state index contributed by atoms with van der Waals surface area (Å²) in [5.74, 6) is 3.21. The number of rotatable bonds is 1. The summed E-state index contributed by atoms with van der Waals surface area (Å²) >= 11 is 6.45. The highest BCUT2D eigenvalue weighted by atomic mass is 35.5. The molecule has 1 aliphatic rings. The average molecular weight is 279 g/mol. The minimum atomic E-state index is -1.37. The highest BCUT2D eigenvalue weighted by molar-refractivity contribution is 6.83. The maximum Gasteiger partial charge on any atom is 0.129 e. The topological polar surface area (TPSA) is 16.1 Å². The molecule has 18 heavy (non-hydrogen) atoms. The van der Waals surface area contributed by atoms with Crippen LogP contribution in [0.2, 0.25) is 24.7 Å². The van der Waals surface area contributed by atoms with Crippen molar-refractivity contribution in [3.63, 3.8) is 0 Å². The first-order chi connectivity index (χ1) is 8.47. The molecule has 0 radical (unpaired) electrons. The van der Waals surface area contributed by atoms with E-state index in [1.54, 1.807) is 6.20 Å². The standard InChI is InChI=1S/C14H19ClN2Si/c1-18(2,3)9-6-12-10-16-11-13(14(12)15)17-7-4-5-8-17/h10-11H,4-5,7-8H2,1-3H3. The quantitative estimate of drug-likeness (QED) is 0.577. The van der Waals surface area contributed by atoms with Gasteiger partial charge in [0.05, 0.1) is 22.5 Å². The Bertz CT molecular complexity index is 491. The van der Waals surface area contributed by atoms with Gasteiger partial charge in [-0.1, -0.05) is 37.2 Å². The number of halogens is 1. The summed E-state index contributed by atoms with van der Waals surface area (Å²) in [6.45, 7) is 8.83. The van der Waals surface area contributed by atoms with Gasteiger partial charge in [0.2, 0.25) is 0 Å². The van der Waals surface area contributed by atoms with Crippen molar-refractivity contribution in [3.05, 3.63) is 23.0 Å². The maximum atomic E-state index is 6.45. The van der Waals surface area contributed by atoms with Gasteiger partial charge in [0.25, 0.3) is 0 Å². The minimum absolute atomic E-state index is 0.762. The van der Waals surface area contributed by atoms with Crippen molar-refractivity contribution in [1.82, 2.24) is 4.98 Å². The van der Waals surface area contributed by atoms with Gasteiger partial charge in [0.15, 0.2) is 0 Å². The number of hydrogen-bond donors (Lipinski definition) is 0. The Labute approximate surface area is 115 Å². The SMILES string of the molecule is C[Si](C)(C)C#Cc1cncc(N2CCCC2)c1Cl. The molecule has 0 N–H and O–H groups in total. The Morgan fingerprint density at radius 3 is 2.50 bits per heavy atom.